The minimum absolute atomic E-state index is 0.0677. The molecule has 1 rings (SSSR count). The number of rotatable bonds is 5. The lowest BCUT2D eigenvalue weighted by Gasteiger charge is -2.30. The lowest BCUT2D eigenvalue weighted by Crippen LogP contribution is -2.39. The number of hydrogen-bond acceptors (Lipinski definition) is 4. The van der Waals surface area contributed by atoms with Crippen LogP contribution < -0.4 is 5.73 Å². The zero-order valence-electron chi connectivity index (χ0n) is 12.2. The number of nitrogens with zero attached hydrogens (tertiary/aromatic N) is 1. The highest BCUT2D eigenvalue weighted by Crippen LogP contribution is 2.26. The molecule has 0 aromatic rings. The molecular weight excluding hydrogens is 244 g/mol. The molecule has 0 aliphatic heterocycles. The van der Waals surface area contributed by atoms with E-state index in [4.69, 9.17) is 5.73 Å². The molecule has 0 aromatic carbocycles. The third-order valence-electron chi connectivity index (χ3n) is 3.98. The summed E-state index contributed by atoms with van der Waals surface area (Å²) in [7, 11) is 3.10. The maximum Gasteiger partial charge on any atom is 0.310 e. The minimum atomic E-state index is -0.293. The van der Waals surface area contributed by atoms with Gasteiger partial charge in [0, 0.05) is 26.1 Å². The first-order chi connectivity index (χ1) is 8.95. The van der Waals surface area contributed by atoms with Crippen LogP contribution in [-0.4, -0.2) is 43.5 Å². The summed E-state index contributed by atoms with van der Waals surface area (Å²) in [5.74, 6) is -0.219. The van der Waals surface area contributed by atoms with Gasteiger partial charge >= 0.3 is 5.97 Å². The van der Waals surface area contributed by atoms with Gasteiger partial charge in [-0.15, -0.1) is 0 Å². The number of methoxy groups -OCH3 is 1. The van der Waals surface area contributed by atoms with Gasteiger partial charge in [-0.3, -0.25) is 9.59 Å². The van der Waals surface area contributed by atoms with Gasteiger partial charge in [0.15, 0.2) is 0 Å². The van der Waals surface area contributed by atoms with Crippen molar-refractivity contribution in [1.29, 1.82) is 0 Å². The molecule has 110 valence electrons. The van der Waals surface area contributed by atoms with Crippen molar-refractivity contribution >= 4 is 11.9 Å². The van der Waals surface area contributed by atoms with Crippen LogP contribution in [0.1, 0.15) is 39.0 Å². The first-order valence-electron chi connectivity index (χ1n) is 7.03. The Bertz CT molecular complexity index is 320. The van der Waals surface area contributed by atoms with Crippen molar-refractivity contribution < 1.29 is 14.3 Å². The lowest BCUT2D eigenvalue weighted by atomic mass is 9.83. The second-order valence-corrected chi connectivity index (χ2v) is 5.61. The highest BCUT2D eigenvalue weighted by Gasteiger charge is 2.26. The van der Waals surface area contributed by atoms with Crippen molar-refractivity contribution in [2.24, 2.45) is 17.6 Å². The summed E-state index contributed by atoms with van der Waals surface area (Å²) in [5.41, 5.74) is 6.05. The normalized spacial score (nSPS) is 24.6. The molecule has 3 unspecified atom stereocenters. The van der Waals surface area contributed by atoms with Crippen molar-refractivity contribution in [1.82, 2.24) is 4.90 Å². The van der Waals surface area contributed by atoms with Crippen LogP contribution in [0.4, 0.5) is 0 Å². The SMILES string of the molecule is COC(=O)C(C)CN(C)C(=O)CC1CCCCC1N. The second-order valence-electron chi connectivity index (χ2n) is 5.61. The molecule has 5 heteroatoms. The Morgan fingerprint density at radius 3 is 2.58 bits per heavy atom. The van der Waals surface area contributed by atoms with Gasteiger partial charge in [-0.2, -0.15) is 0 Å². The molecule has 0 spiro atoms. The number of esters is 1. The van der Waals surface area contributed by atoms with Gasteiger partial charge in [-0.1, -0.05) is 19.8 Å². The van der Waals surface area contributed by atoms with Crippen molar-refractivity contribution in [3.63, 3.8) is 0 Å². The molecular formula is C14H26N2O3. The summed E-state index contributed by atoms with van der Waals surface area (Å²) in [6.07, 6.45) is 4.87. The topological polar surface area (TPSA) is 72.6 Å². The maximum absolute atomic E-state index is 12.1. The Balaban J connectivity index is 2.41. The predicted molar refractivity (Wildman–Crippen MR) is 73.4 cm³/mol. The second kappa shape index (κ2) is 7.48. The van der Waals surface area contributed by atoms with E-state index in [2.05, 4.69) is 4.74 Å². The van der Waals surface area contributed by atoms with Crippen LogP contribution in [0.3, 0.4) is 0 Å². The Morgan fingerprint density at radius 2 is 2.00 bits per heavy atom. The van der Waals surface area contributed by atoms with E-state index in [-0.39, 0.29) is 29.8 Å². The van der Waals surface area contributed by atoms with Crippen LogP contribution in [0.25, 0.3) is 0 Å². The van der Waals surface area contributed by atoms with Crippen molar-refractivity contribution in [3.8, 4) is 0 Å². The van der Waals surface area contributed by atoms with Gasteiger partial charge in [0.1, 0.15) is 0 Å². The smallest absolute Gasteiger partial charge is 0.310 e. The van der Waals surface area contributed by atoms with Crippen LogP contribution in [0, 0.1) is 11.8 Å². The molecule has 3 atom stereocenters. The highest BCUT2D eigenvalue weighted by molar-refractivity contribution is 5.78. The van der Waals surface area contributed by atoms with Gasteiger partial charge < -0.3 is 15.4 Å². The summed E-state index contributed by atoms with van der Waals surface area (Å²) < 4.78 is 4.66. The summed E-state index contributed by atoms with van der Waals surface area (Å²) in [4.78, 5) is 25.1. The van der Waals surface area contributed by atoms with Crippen molar-refractivity contribution in [3.05, 3.63) is 0 Å². The standard InChI is InChI=1S/C14H26N2O3/c1-10(14(18)19-3)9-16(2)13(17)8-11-6-4-5-7-12(11)15/h10-12H,4-9,15H2,1-3H3. The minimum Gasteiger partial charge on any atom is -0.469 e. The van der Waals surface area contributed by atoms with Crippen LogP contribution in [0.15, 0.2) is 0 Å². The fourth-order valence-electron chi connectivity index (χ4n) is 2.66. The van der Waals surface area contributed by atoms with E-state index in [1.165, 1.54) is 13.5 Å². The van der Waals surface area contributed by atoms with Crippen LogP contribution in [-0.2, 0) is 14.3 Å². The Labute approximate surface area is 115 Å². The van der Waals surface area contributed by atoms with Gasteiger partial charge in [0.25, 0.3) is 0 Å². The lowest BCUT2D eigenvalue weighted by molar-refractivity contribution is -0.146. The zero-order valence-corrected chi connectivity index (χ0v) is 12.2. The summed E-state index contributed by atoms with van der Waals surface area (Å²) in [6.45, 7) is 2.16. The molecule has 1 saturated carbocycles. The number of hydrogen-bond donors (Lipinski definition) is 1. The third-order valence-corrected chi connectivity index (χ3v) is 3.98. The van der Waals surface area contributed by atoms with E-state index in [0.29, 0.717) is 13.0 Å². The quantitative estimate of drug-likeness (QED) is 0.761. The monoisotopic (exact) mass is 270 g/mol. The van der Waals surface area contributed by atoms with Crippen LogP contribution in [0.5, 0.6) is 0 Å². The highest BCUT2D eigenvalue weighted by atomic mass is 16.5. The first-order valence-corrected chi connectivity index (χ1v) is 7.03. The fourth-order valence-corrected chi connectivity index (χ4v) is 2.66. The van der Waals surface area contributed by atoms with E-state index >= 15 is 0 Å². The molecule has 0 bridgehead atoms. The van der Waals surface area contributed by atoms with Crippen molar-refractivity contribution in [2.75, 3.05) is 20.7 Å². The number of amides is 1. The number of carbonyl (C=O) groups excluding carboxylic acids is 2. The molecule has 0 heterocycles. The van der Waals surface area contributed by atoms with Crippen molar-refractivity contribution in [2.45, 2.75) is 45.1 Å². The molecule has 5 nitrogen and oxygen atoms in total. The number of nitrogens with two attached hydrogens (primary N) is 1. The summed E-state index contributed by atoms with van der Waals surface area (Å²) >= 11 is 0. The summed E-state index contributed by atoms with van der Waals surface area (Å²) in [5, 5.41) is 0. The zero-order chi connectivity index (χ0) is 14.4. The van der Waals surface area contributed by atoms with Crippen LogP contribution >= 0.6 is 0 Å². The van der Waals surface area contributed by atoms with E-state index in [1.807, 2.05) is 0 Å². The van der Waals surface area contributed by atoms with Gasteiger partial charge in [0.2, 0.25) is 5.91 Å². The molecule has 1 fully saturated rings. The largest absolute Gasteiger partial charge is 0.469 e. The molecule has 1 aliphatic carbocycles. The Hall–Kier alpha value is -1.10. The molecule has 0 saturated heterocycles. The van der Waals surface area contributed by atoms with E-state index < -0.39 is 0 Å². The average Bonchev–Trinajstić information content (AvgIpc) is 2.40. The predicted octanol–water partition coefficient (Wildman–Crippen LogP) is 1.16. The molecule has 1 amide bonds. The molecule has 19 heavy (non-hydrogen) atoms. The molecule has 0 aromatic heterocycles. The van der Waals surface area contributed by atoms with Gasteiger partial charge in [-0.05, 0) is 18.8 Å². The van der Waals surface area contributed by atoms with E-state index in [1.54, 1.807) is 18.9 Å². The third kappa shape index (κ3) is 4.82. The summed E-state index contributed by atoms with van der Waals surface area (Å²) in [6, 6.07) is 0.143. The molecule has 2 N–H and O–H groups in total. The number of ether oxygens (including phenoxy) is 1. The van der Waals surface area contributed by atoms with Crippen LogP contribution in [0.2, 0.25) is 0 Å². The average molecular weight is 270 g/mol. The Morgan fingerprint density at radius 1 is 1.37 bits per heavy atom. The fraction of sp³-hybridized carbons (Fsp3) is 0.857. The van der Waals surface area contributed by atoms with E-state index in [9.17, 15) is 9.59 Å². The van der Waals surface area contributed by atoms with Gasteiger partial charge in [-0.25, -0.2) is 0 Å². The first kappa shape index (κ1) is 16.0. The Kier molecular flexibility index (Phi) is 6.28. The molecule has 1 aliphatic rings. The molecule has 0 radical (unpaired) electrons. The van der Waals surface area contributed by atoms with E-state index in [0.717, 1.165) is 19.3 Å². The maximum atomic E-state index is 12.1. The van der Waals surface area contributed by atoms with Gasteiger partial charge in [0.05, 0.1) is 13.0 Å². The number of carbonyl (C=O) groups is 2.